The Morgan fingerprint density at radius 2 is 1.82 bits per heavy atom. The van der Waals surface area contributed by atoms with Gasteiger partial charge in [0.25, 0.3) is 11.5 Å². The second-order valence-corrected chi connectivity index (χ2v) is 11.0. The van der Waals surface area contributed by atoms with Crippen LogP contribution in [-0.4, -0.2) is 49.3 Å². The maximum atomic E-state index is 14.3. The number of anilines is 1. The Kier molecular flexibility index (Phi) is 8.16. The van der Waals surface area contributed by atoms with Crippen LogP contribution in [0.2, 0.25) is 0 Å². The van der Waals surface area contributed by atoms with E-state index in [-0.39, 0.29) is 52.9 Å². The molecule has 0 N–H and O–H groups in total. The van der Waals surface area contributed by atoms with Gasteiger partial charge >= 0.3 is 11.9 Å². The van der Waals surface area contributed by atoms with Gasteiger partial charge in [-0.05, 0) is 42.8 Å². The fourth-order valence-corrected chi connectivity index (χ4v) is 6.46. The summed E-state index contributed by atoms with van der Waals surface area (Å²) in [7, 11) is 1.49. The third-order valence-corrected chi connectivity index (χ3v) is 8.38. The van der Waals surface area contributed by atoms with Crippen molar-refractivity contribution in [3.05, 3.63) is 127 Å². The van der Waals surface area contributed by atoms with Crippen LogP contribution in [-0.2, 0) is 19.1 Å². The van der Waals surface area contributed by atoms with E-state index < -0.39 is 23.5 Å². The minimum absolute atomic E-state index is 0.000501. The lowest BCUT2D eigenvalue weighted by molar-refractivity contribution is -0.140. The zero-order valence-corrected chi connectivity index (χ0v) is 25.2. The van der Waals surface area contributed by atoms with E-state index in [1.807, 2.05) is 18.2 Å². The van der Waals surface area contributed by atoms with Crippen LogP contribution in [0.4, 0.5) is 5.69 Å². The molecule has 0 fully saturated rings. The normalized spacial score (nSPS) is 16.6. The third kappa shape index (κ3) is 5.34. The maximum Gasteiger partial charge on any atom is 0.379 e. The van der Waals surface area contributed by atoms with Crippen molar-refractivity contribution < 1.29 is 33.0 Å². The van der Waals surface area contributed by atoms with Crippen LogP contribution in [0.15, 0.2) is 105 Å². The summed E-state index contributed by atoms with van der Waals surface area (Å²) >= 11 is 1.08. The van der Waals surface area contributed by atoms with Crippen LogP contribution in [0.25, 0.3) is 5.57 Å². The molecular formula is C33H27N3O8S. The summed E-state index contributed by atoms with van der Waals surface area (Å²) in [5.74, 6) is -1.39. The molecule has 1 atom stereocenters. The highest BCUT2D eigenvalue weighted by atomic mass is 32.1. The second-order valence-electron chi connectivity index (χ2n) is 10.1. The number of allylic oxidation sites excluding steroid dienone is 1. The van der Waals surface area contributed by atoms with E-state index in [1.54, 1.807) is 54.3 Å². The SMILES string of the molecule is C=CCN1C(=O)/C(=c2\sc3n(c2=O)[C@H](c2ccc(OC(=O)c4ccco4)cc2)C(C(=O)OCCOC)=C(C)N=3)c2ccccc21. The van der Waals surface area contributed by atoms with Crippen molar-refractivity contribution in [3.8, 4) is 5.75 Å². The highest BCUT2D eigenvalue weighted by Gasteiger charge is 2.37. The lowest BCUT2D eigenvalue weighted by atomic mass is 9.96. The molecule has 2 aromatic heterocycles. The van der Waals surface area contributed by atoms with Crippen LogP contribution >= 0.6 is 11.3 Å². The summed E-state index contributed by atoms with van der Waals surface area (Å²) in [6.07, 6.45) is 2.99. The lowest BCUT2D eigenvalue weighted by Gasteiger charge is -2.25. The molecule has 0 aliphatic carbocycles. The lowest BCUT2D eigenvalue weighted by Crippen LogP contribution is -2.41. The van der Waals surface area contributed by atoms with Gasteiger partial charge in [-0.2, -0.15) is 0 Å². The molecule has 0 saturated heterocycles. The van der Waals surface area contributed by atoms with E-state index in [1.165, 1.54) is 24.0 Å². The minimum atomic E-state index is -0.948. The second kappa shape index (κ2) is 12.3. The van der Waals surface area contributed by atoms with Gasteiger partial charge < -0.3 is 23.5 Å². The van der Waals surface area contributed by atoms with Crippen molar-refractivity contribution in [2.75, 3.05) is 31.8 Å². The van der Waals surface area contributed by atoms with Gasteiger partial charge in [-0.25, -0.2) is 14.6 Å². The number of carbonyl (C=O) groups is 3. The predicted molar refractivity (Wildman–Crippen MR) is 165 cm³/mol. The van der Waals surface area contributed by atoms with E-state index in [9.17, 15) is 19.2 Å². The Balaban J connectivity index is 1.49. The van der Waals surface area contributed by atoms with Gasteiger partial charge in [-0.1, -0.05) is 47.7 Å². The van der Waals surface area contributed by atoms with E-state index in [0.29, 0.717) is 27.3 Å². The number of rotatable bonds is 9. The molecule has 4 aromatic rings. The van der Waals surface area contributed by atoms with Crippen LogP contribution in [0.1, 0.15) is 34.6 Å². The van der Waals surface area contributed by atoms with E-state index in [2.05, 4.69) is 11.6 Å². The Bertz CT molecular complexity index is 2040. The van der Waals surface area contributed by atoms with Crippen LogP contribution in [0.3, 0.4) is 0 Å². The summed E-state index contributed by atoms with van der Waals surface area (Å²) in [6.45, 7) is 5.89. The number of ether oxygens (including phenoxy) is 3. The summed E-state index contributed by atoms with van der Waals surface area (Å²) in [4.78, 5) is 60.4. The van der Waals surface area contributed by atoms with Gasteiger partial charge in [0.05, 0.1) is 41.4 Å². The number of para-hydroxylation sites is 1. The van der Waals surface area contributed by atoms with E-state index >= 15 is 0 Å². The van der Waals surface area contributed by atoms with Crippen molar-refractivity contribution in [3.63, 3.8) is 0 Å². The molecule has 0 bridgehead atoms. The van der Waals surface area contributed by atoms with E-state index in [0.717, 1.165) is 11.3 Å². The van der Waals surface area contributed by atoms with Crippen molar-refractivity contribution >= 4 is 40.4 Å². The summed E-state index contributed by atoms with van der Waals surface area (Å²) in [6, 6.07) is 15.8. The highest BCUT2D eigenvalue weighted by molar-refractivity contribution is 7.07. The molecule has 45 heavy (non-hydrogen) atoms. The average molecular weight is 626 g/mol. The Labute approximate surface area is 260 Å². The quantitative estimate of drug-likeness (QED) is 0.120. The van der Waals surface area contributed by atoms with Crippen LogP contribution < -0.4 is 24.5 Å². The van der Waals surface area contributed by atoms with Crippen molar-refractivity contribution in [1.29, 1.82) is 0 Å². The number of esters is 2. The zero-order valence-electron chi connectivity index (χ0n) is 24.3. The Hall–Kier alpha value is -5.33. The van der Waals surface area contributed by atoms with Gasteiger partial charge in [-0.15, -0.1) is 6.58 Å². The Morgan fingerprint density at radius 3 is 2.53 bits per heavy atom. The molecule has 228 valence electrons. The smallest absolute Gasteiger partial charge is 0.379 e. The Morgan fingerprint density at radius 1 is 1.04 bits per heavy atom. The largest absolute Gasteiger partial charge is 0.460 e. The van der Waals surface area contributed by atoms with Crippen molar-refractivity contribution in [2.45, 2.75) is 13.0 Å². The summed E-state index contributed by atoms with van der Waals surface area (Å²) in [5.41, 5.74) is 2.14. The van der Waals surface area contributed by atoms with Crippen molar-refractivity contribution in [1.82, 2.24) is 4.57 Å². The standard InChI is InChI=1S/C33H27N3O8S/c1-4-15-35-23-9-6-5-8-22(23)26(29(35)37)28-30(38)36-27(25(19(2)34-33(36)45-28)32(40)43-18-17-41-3)20-11-13-21(14-12-20)44-31(39)24-10-7-16-42-24/h4-14,16,27H,1,15,17-18H2,2-3H3/b28-26-/t27-/m1/s1. The molecule has 2 aromatic carbocycles. The third-order valence-electron chi connectivity index (χ3n) is 7.33. The first kappa shape index (κ1) is 29.7. The predicted octanol–water partition coefficient (Wildman–Crippen LogP) is 3.14. The number of hydrogen-bond donors (Lipinski definition) is 0. The average Bonchev–Trinajstić information content (AvgIpc) is 3.75. The number of carbonyl (C=O) groups excluding carboxylic acids is 3. The number of benzene rings is 2. The zero-order chi connectivity index (χ0) is 31.7. The van der Waals surface area contributed by atoms with Crippen LogP contribution in [0.5, 0.6) is 5.75 Å². The highest BCUT2D eigenvalue weighted by Crippen LogP contribution is 2.36. The van der Waals surface area contributed by atoms with Gasteiger partial charge in [0, 0.05) is 19.2 Å². The summed E-state index contributed by atoms with van der Waals surface area (Å²) in [5, 5.41) is 0. The van der Waals surface area contributed by atoms with E-state index in [4.69, 9.17) is 18.6 Å². The molecule has 11 nitrogen and oxygen atoms in total. The number of hydrogen-bond acceptors (Lipinski definition) is 10. The molecular weight excluding hydrogens is 598 g/mol. The number of aromatic nitrogens is 1. The molecule has 0 saturated carbocycles. The molecule has 1 amide bonds. The minimum Gasteiger partial charge on any atom is -0.460 e. The first-order valence-electron chi connectivity index (χ1n) is 13.9. The first-order valence-corrected chi connectivity index (χ1v) is 14.7. The molecule has 6 rings (SSSR count). The molecule has 2 aliphatic rings. The maximum absolute atomic E-state index is 14.3. The molecule has 0 unspecified atom stereocenters. The number of methoxy groups -OCH3 is 1. The van der Waals surface area contributed by atoms with Crippen molar-refractivity contribution in [2.24, 2.45) is 4.99 Å². The molecule has 12 heteroatoms. The topological polar surface area (TPSA) is 130 Å². The van der Waals surface area contributed by atoms with Gasteiger partial charge in [-0.3, -0.25) is 14.2 Å². The van der Waals surface area contributed by atoms with Crippen LogP contribution in [0, 0.1) is 0 Å². The number of nitrogens with zero attached hydrogens (tertiary/aromatic N) is 3. The molecule has 2 aliphatic heterocycles. The number of furan rings is 1. The molecule has 0 spiro atoms. The number of fused-ring (bicyclic) bond motifs is 2. The number of amides is 1. The summed E-state index contributed by atoms with van der Waals surface area (Å²) < 4.78 is 22.6. The van der Waals surface area contributed by atoms with Gasteiger partial charge in [0.1, 0.15) is 16.9 Å². The van der Waals surface area contributed by atoms with Gasteiger partial charge in [0.15, 0.2) is 4.80 Å². The molecule has 0 radical (unpaired) electrons. The number of thiazole rings is 1. The fourth-order valence-electron chi connectivity index (χ4n) is 5.32. The monoisotopic (exact) mass is 625 g/mol. The first-order chi connectivity index (χ1) is 21.8. The van der Waals surface area contributed by atoms with Gasteiger partial charge in [0.2, 0.25) is 5.76 Å². The molecule has 4 heterocycles. The fraction of sp³-hybridized carbons (Fsp3) is 0.182.